The second-order valence-electron chi connectivity index (χ2n) is 5.76. The summed E-state index contributed by atoms with van der Waals surface area (Å²) in [6.07, 6.45) is 4.29. The zero-order valence-corrected chi connectivity index (χ0v) is 10.9. The summed E-state index contributed by atoms with van der Waals surface area (Å²) in [5.41, 5.74) is 0.300. The van der Waals surface area contributed by atoms with Gasteiger partial charge in [0.25, 0.3) is 0 Å². The van der Waals surface area contributed by atoms with Crippen molar-refractivity contribution in [3.05, 3.63) is 0 Å². The predicted molar refractivity (Wildman–Crippen MR) is 66.6 cm³/mol. The van der Waals surface area contributed by atoms with E-state index in [4.69, 9.17) is 4.74 Å². The molecule has 1 saturated heterocycles. The molecule has 3 heteroatoms. The van der Waals surface area contributed by atoms with Gasteiger partial charge >= 0.3 is 0 Å². The molecule has 3 unspecified atom stereocenters. The molecule has 0 amide bonds. The predicted octanol–water partition coefficient (Wildman–Crippen LogP) is 1.53. The van der Waals surface area contributed by atoms with Crippen molar-refractivity contribution in [3.8, 4) is 0 Å². The van der Waals surface area contributed by atoms with Crippen LogP contribution in [0.3, 0.4) is 0 Å². The molecule has 1 heterocycles. The molecule has 94 valence electrons. The normalized spacial score (nSPS) is 37.3. The molecular formula is C13H26N2O. The molecule has 2 rings (SSSR count). The van der Waals surface area contributed by atoms with Crippen LogP contribution in [0, 0.1) is 5.41 Å². The third-order valence-corrected chi connectivity index (χ3v) is 4.32. The van der Waals surface area contributed by atoms with E-state index in [2.05, 4.69) is 31.4 Å². The molecular weight excluding hydrogens is 200 g/mol. The molecule has 2 aliphatic rings. The number of hydrogen-bond donors (Lipinski definition) is 2. The van der Waals surface area contributed by atoms with Crippen LogP contribution in [-0.4, -0.2) is 37.9 Å². The Balaban J connectivity index is 1.71. The van der Waals surface area contributed by atoms with Crippen molar-refractivity contribution >= 4 is 0 Å². The van der Waals surface area contributed by atoms with E-state index in [1.54, 1.807) is 0 Å². The first-order valence-corrected chi connectivity index (χ1v) is 6.73. The van der Waals surface area contributed by atoms with Gasteiger partial charge in [-0.1, -0.05) is 13.8 Å². The maximum absolute atomic E-state index is 5.74. The first kappa shape index (κ1) is 12.3. The van der Waals surface area contributed by atoms with E-state index in [1.807, 2.05) is 0 Å². The largest absolute Gasteiger partial charge is 0.378 e. The third kappa shape index (κ3) is 2.41. The summed E-state index contributed by atoms with van der Waals surface area (Å²) >= 11 is 0. The highest BCUT2D eigenvalue weighted by Crippen LogP contribution is 2.42. The Bertz CT molecular complexity index is 224. The molecule has 3 nitrogen and oxygen atoms in total. The minimum Gasteiger partial charge on any atom is -0.378 e. The molecule has 0 bridgehead atoms. The molecule has 1 aliphatic heterocycles. The zero-order chi connectivity index (χ0) is 11.6. The lowest BCUT2D eigenvalue weighted by Crippen LogP contribution is -2.62. The molecule has 0 aromatic carbocycles. The van der Waals surface area contributed by atoms with E-state index in [-0.39, 0.29) is 0 Å². The van der Waals surface area contributed by atoms with Gasteiger partial charge in [0.05, 0.1) is 6.10 Å². The fourth-order valence-corrected chi connectivity index (χ4v) is 2.93. The average molecular weight is 226 g/mol. The number of ether oxygens (including phenoxy) is 1. The minimum atomic E-state index is 0.300. The zero-order valence-electron chi connectivity index (χ0n) is 10.9. The lowest BCUT2D eigenvalue weighted by Gasteiger charge is -2.52. The molecule has 0 spiro atoms. The van der Waals surface area contributed by atoms with Gasteiger partial charge < -0.3 is 15.4 Å². The van der Waals surface area contributed by atoms with Crippen molar-refractivity contribution in [1.82, 2.24) is 10.6 Å². The molecule has 3 atom stereocenters. The molecule has 1 saturated carbocycles. The standard InChI is InChI=1S/C13H26N2O/c1-4-16-12-8-11(13(12,2)3)15-9-10-6-5-7-14-10/h10-12,14-15H,4-9H2,1-3H3. The molecule has 0 radical (unpaired) electrons. The van der Waals surface area contributed by atoms with Crippen LogP contribution < -0.4 is 10.6 Å². The van der Waals surface area contributed by atoms with Crippen molar-refractivity contribution in [1.29, 1.82) is 0 Å². The van der Waals surface area contributed by atoms with Crippen LogP contribution in [0.4, 0.5) is 0 Å². The van der Waals surface area contributed by atoms with E-state index in [1.165, 1.54) is 25.8 Å². The maximum atomic E-state index is 5.74. The van der Waals surface area contributed by atoms with Gasteiger partial charge in [0.15, 0.2) is 0 Å². The molecule has 1 aliphatic carbocycles. The van der Waals surface area contributed by atoms with Crippen molar-refractivity contribution in [3.63, 3.8) is 0 Å². The van der Waals surface area contributed by atoms with Crippen LogP contribution in [0.15, 0.2) is 0 Å². The van der Waals surface area contributed by atoms with Gasteiger partial charge in [-0.05, 0) is 32.7 Å². The van der Waals surface area contributed by atoms with Gasteiger partial charge in [-0.3, -0.25) is 0 Å². The number of nitrogens with one attached hydrogen (secondary N) is 2. The van der Waals surface area contributed by atoms with Gasteiger partial charge in [0.1, 0.15) is 0 Å². The first-order chi connectivity index (χ1) is 7.64. The molecule has 0 aromatic rings. The lowest BCUT2D eigenvalue weighted by atomic mass is 9.64. The van der Waals surface area contributed by atoms with Crippen LogP contribution in [0.25, 0.3) is 0 Å². The Morgan fingerprint density at radius 2 is 2.25 bits per heavy atom. The lowest BCUT2D eigenvalue weighted by molar-refractivity contribution is -0.114. The van der Waals surface area contributed by atoms with Crippen molar-refractivity contribution in [2.45, 2.75) is 58.2 Å². The fraction of sp³-hybridized carbons (Fsp3) is 1.00. The fourth-order valence-electron chi connectivity index (χ4n) is 2.93. The summed E-state index contributed by atoms with van der Waals surface area (Å²) in [6, 6.07) is 1.33. The molecule has 16 heavy (non-hydrogen) atoms. The summed E-state index contributed by atoms with van der Waals surface area (Å²) in [5, 5.41) is 7.23. The minimum absolute atomic E-state index is 0.300. The van der Waals surface area contributed by atoms with Crippen molar-refractivity contribution < 1.29 is 4.74 Å². The monoisotopic (exact) mass is 226 g/mol. The van der Waals surface area contributed by atoms with Crippen LogP contribution in [0.5, 0.6) is 0 Å². The van der Waals surface area contributed by atoms with E-state index >= 15 is 0 Å². The van der Waals surface area contributed by atoms with Gasteiger partial charge in [-0.25, -0.2) is 0 Å². The van der Waals surface area contributed by atoms with Crippen LogP contribution in [0.1, 0.15) is 40.0 Å². The number of hydrogen-bond acceptors (Lipinski definition) is 3. The summed E-state index contributed by atoms with van der Waals surface area (Å²) < 4.78 is 5.74. The van der Waals surface area contributed by atoms with E-state index in [0.29, 0.717) is 23.6 Å². The third-order valence-electron chi connectivity index (χ3n) is 4.32. The van der Waals surface area contributed by atoms with Crippen LogP contribution in [0.2, 0.25) is 0 Å². The van der Waals surface area contributed by atoms with Gasteiger partial charge in [-0.15, -0.1) is 0 Å². The van der Waals surface area contributed by atoms with Gasteiger partial charge in [0, 0.05) is 30.7 Å². The first-order valence-electron chi connectivity index (χ1n) is 6.73. The molecule has 2 N–H and O–H groups in total. The Labute approximate surface area is 99.3 Å². The van der Waals surface area contributed by atoms with Crippen molar-refractivity contribution in [2.24, 2.45) is 5.41 Å². The number of rotatable bonds is 5. The summed E-state index contributed by atoms with van der Waals surface area (Å²) in [4.78, 5) is 0. The molecule has 2 fully saturated rings. The van der Waals surface area contributed by atoms with Gasteiger partial charge in [0.2, 0.25) is 0 Å². The van der Waals surface area contributed by atoms with E-state index < -0.39 is 0 Å². The summed E-state index contributed by atoms with van der Waals surface area (Å²) in [7, 11) is 0. The van der Waals surface area contributed by atoms with E-state index in [9.17, 15) is 0 Å². The highest BCUT2D eigenvalue weighted by molar-refractivity contribution is 5.03. The second kappa shape index (κ2) is 5.03. The van der Waals surface area contributed by atoms with Crippen LogP contribution >= 0.6 is 0 Å². The quantitative estimate of drug-likeness (QED) is 0.746. The van der Waals surface area contributed by atoms with E-state index in [0.717, 1.165) is 13.2 Å². The van der Waals surface area contributed by atoms with Gasteiger partial charge in [-0.2, -0.15) is 0 Å². The smallest absolute Gasteiger partial charge is 0.0655 e. The SMILES string of the molecule is CCOC1CC(NCC2CCCN2)C1(C)C. The van der Waals surface area contributed by atoms with Crippen LogP contribution in [-0.2, 0) is 4.74 Å². The molecule has 0 aromatic heterocycles. The van der Waals surface area contributed by atoms with Crippen molar-refractivity contribution in [2.75, 3.05) is 19.7 Å². The average Bonchev–Trinajstić information content (AvgIpc) is 2.75. The second-order valence-corrected chi connectivity index (χ2v) is 5.76. The Morgan fingerprint density at radius 3 is 2.81 bits per heavy atom. The highest BCUT2D eigenvalue weighted by atomic mass is 16.5. The highest BCUT2D eigenvalue weighted by Gasteiger charge is 2.48. The summed E-state index contributed by atoms with van der Waals surface area (Å²) in [6.45, 7) is 9.87. The maximum Gasteiger partial charge on any atom is 0.0655 e. The Kier molecular flexibility index (Phi) is 3.88. The topological polar surface area (TPSA) is 33.3 Å². The summed E-state index contributed by atoms with van der Waals surface area (Å²) in [5.74, 6) is 0. The Morgan fingerprint density at radius 1 is 1.44 bits per heavy atom. The Hall–Kier alpha value is -0.120.